The first-order chi connectivity index (χ1) is 12.6. The lowest BCUT2D eigenvalue weighted by Gasteiger charge is -2.35. The zero-order valence-corrected chi connectivity index (χ0v) is 16.2. The molecule has 0 unspecified atom stereocenters. The number of nitrogens with zero attached hydrogens (tertiary/aromatic N) is 2. The van der Waals surface area contributed by atoms with Crippen LogP contribution in [0.1, 0.15) is 50.3 Å². The molecule has 0 bridgehead atoms. The molecular weight excluding hydrogens is 344 g/mol. The van der Waals surface area contributed by atoms with Crippen LogP contribution in [-0.2, 0) is 11.3 Å². The number of hydrogen-bond acceptors (Lipinski definition) is 4. The Labute approximate surface area is 160 Å². The number of amides is 1. The predicted molar refractivity (Wildman–Crippen MR) is 105 cm³/mol. The Morgan fingerprint density at radius 3 is 2.73 bits per heavy atom. The van der Waals surface area contributed by atoms with E-state index in [0.29, 0.717) is 11.9 Å². The molecule has 138 valence electrons. The van der Waals surface area contributed by atoms with Crippen LogP contribution in [0.15, 0.2) is 53.7 Å². The third kappa shape index (κ3) is 5.01. The molecule has 1 aromatic carbocycles. The zero-order valence-electron chi connectivity index (χ0n) is 15.4. The molecule has 4 nitrogen and oxygen atoms in total. The largest absolute Gasteiger partial charge is 0.445 e. The molecule has 1 amide bonds. The number of thioether (sulfide) groups is 1. The first-order valence-electron chi connectivity index (χ1n) is 9.23. The summed E-state index contributed by atoms with van der Waals surface area (Å²) in [7, 11) is 0. The average molecular weight is 371 g/mol. The third-order valence-electron chi connectivity index (χ3n) is 4.44. The Morgan fingerprint density at radius 1 is 1.23 bits per heavy atom. The van der Waals surface area contributed by atoms with Gasteiger partial charge in [0.15, 0.2) is 0 Å². The standard InChI is InChI=1S/C21H26N2O2S/c1-16(2)26-20-12-11-18(14-22-20)19-10-6-7-13-23(19)21(24)25-15-17-8-4-3-5-9-17/h3-5,8-9,11-12,14,16,19H,6-7,10,13,15H2,1-2H3/t19-/m1/s1. The molecule has 1 fully saturated rings. The minimum atomic E-state index is -0.237. The summed E-state index contributed by atoms with van der Waals surface area (Å²) in [6.07, 6.45) is 4.78. The van der Waals surface area contributed by atoms with Crippen LogP contribution in [0.2, 0.25) is 0 Å². The molecule has 2 heterocycles. The number of pyridine rings is 1. The SMILES string of the molecule is CC(C)Sc1ccc([C@H]2CCCCN2C(=O)OCc2ccccc2)cn1. The van der Waals surface area contributed by atoms with Crippen molar-refractivity contribution in [3.05, 3.63) is 59.8 Å². The number of likely N-dealkylation sites (tertiary alicyclic amines) is 1. The van der Waals surface area contributed by atoms with E-state index in [-0.39, 0.29) is 12.1 Å². The van der Waals surface area contributed by atoms with Gasteiger partial charge in [-0.1, -0.05) is 50.2 Å². The van der Waals surface area contributed by atoms with E-state index in [2.05, 4.69) is 31.0 Å². The third-order valence-corrected chi connectivity index (χ3v) is 5.40. The van der Waals surface area contributed by atoms with Crippen LogP contribution in [0.25, 0.3) is 0 Å². The van der Waals surface area contributed by atoms with Crippen LogP contribution >= 0.6 is 11.8 Å². The minimum absolute atomic E-state index is 0.0534. The van der Waals surface area contributed by atoms with Gasteiger partial charge in [-0.25, -0.2) is 9.78 Å². The number of hydrogen-bond donors (Lipinski definition) is 0. The highest BCUT2D eigenvalue weighted by molar-refractivity contribution is 7.99. The lowest BCUT2D eigenvalue weighted by molar-refractivity contribution is 0.0678. The van der Waals surface area contributed by atoms with E-state index < -0.39 is 0 Å². The zero-order chi connectivity index (χ0) is 18.4. The lowest BCUT2D eigenvalue weighted by atomic mass is 9.97. The molecule has 1 saturated heterocycles. The maximum Gasteiger partial charge on any atom is 0.410 e. The van der Waals surface area contributed by atoms with Crippen molar-refractivity contribution in [1.29, 1.82) is 0 Å². The van der Waals surface area contributed by atoms with E-state index in [1.807, 2.05) is 41.4 Å². The van der Waals surface area contributed by atoms with Gasteiger partial charge in [-0.3, -0.25) is 0 Å². The average Bonchev–Trinajstić information content (AvgIpc) is 2.67. The van der Waals surface area contributed by atoms with Crippen molar-refractivity contribution in [2.24, 2.45) is 0 Å². The molecule has 26 heavy (non-hydrogen) atoms. The first kappa shape index (κ1) is 18.8. The Morgan fingerprint density at radius 2 is 2.04 bits per heavy atom. The fourth-order valence-electron chi connectivity index (χ4n) is 3.20. The van der Waals surface area contributed by atoms with Crippen LogP contribution in [0, 0.1) is 0 Å². The second kappa shape index (κ2) is 9.08. The molecule has 1 atom stereocenters. The van der Waals surface area contributed by atoms with Gasteiger partial charge in [0.05, 0.1) is 11.1 Å². The van der Waals surface area contributed by atoms with Crippen LogP contribution in [0.3, 0.4) is 0 Å². The summed E-state index contributed by atoms with van der Waals surface area (Å²) < 4.78 is 5.56. The number of piperidine rings is 1. The normalized spacial score (nSPS) is 17.3. The topological polar surface area (TPSA) is 42.4 Å². The maximum atomic E-state index is 12.6. The summed E-state index contributed by atoms with van der Waals surface area (Å²) in [6.45, 7) is 5.36. The molecule has 2 aromatic rings. The van der Waals surface area contributed by atoms with Gasteiger partial charge >= 0.3 is 6.09 Å². The number of aromatic nitrogens is 1. The molecule has 0 spiro atoms. The fraction of sp³-hybridized carbons (Fsp3) is 0.429. The number of carbonyl (C=O) groups excluding carboxylic acids is 1. The van der Waals surface area contributed by atoms with Crippen molar-refractivity contribution in [2.45, 2.75) is 56.0 Å². The van der Waals surface area contributed by atoms with Crippen molar-refractivity contribution >= 4 is 17.9 Å². The highest BCUT2D eigenvalue weighted by Gasteiger charge is 2.29. The summed E-state index contributed by atoms with van der Waals surface area (Å²) in [5.41, 5.74) is 2.10. The van der Waals surface area contributed by atoms with E-state index >= 15 is 0 Å². The summed E-state index contributed by atoms with van der Waals surface area (Å²) in [5, 5.41) is 1.53. The summed E-state index contributed by atoms with van der Waals surface area (Å²) >= 11 is 1.75. The second-order valence-electron chi connectivity index (χ2n) is 6.84. The van der Waals surface area contributed by atoms with Gasteiger partial charge < -0.3 is 9.64 Å². The molecule has 3 rings (SSSR count). The van der Waals surface area contributed by atoms with Gasteiger partial charge in [-0.15, -0.1) is 11.8 Å². The molecule has 0 radical (unpaired) electrons. The summed E-state index contributed by atoms with van der Waals surface area (Å²) in [6, 6.07) is 14.0. The molecule has 1 aromatic heterocycles. The first-order valence-corrected chi connectivity index (χ1v) is 10.1. The molecule has 1 aliphatic rings. The molecule has 1 aliphatic heterocycles. The highest BCUT2D eigenvalue weighted by Crippen LogP contribution is 2.32. The van der Waals surface area contributed by atoms with Crippen LogP contribution < -0.4 is 0 Å². The van der Waals surface area contributed by atoms with E-state index in [1.165, 1.54) is 0 Å². The van der Waals surface area contributed by atoms with Crippen molar-refractivity contribution in [3.8, 4) is 0 Å². The lowest BCUT2D eigenvalue weighted by Crippen LogP contribution is -2.38. The Bertz CT molecular complexity index is 704. The summed E-state index contributed by atoms with van der Waals surface area (Å²) in [4.78, 5) is 19.1. The van der Waals surface area contributed by atoms with Crippen molar-refractivity contribution in [1.82, 2.24) is 9.88 Å². The fourth-order valence-corrected chi connectivity index (χ4v) is 3.94. The second-order valence-corrected chi connectivity index (χ2v) is 8.44. The summed E-state index contributed by atoms with van der Waals surface area (Å²) in [5.74, 6) is 0. The molecule has 0 N–H and O–H groups in total. The van der Waals surface area contributed by atoms with Crippen molar-refractivity contribution in [2.75, 3.05) is 6.54 Å². The Balaban J connectivity index is 1.66. The van der Waals surface area contributed by atoms with E-state index in [0.717, 1.165) is 42.0 Å². The number of carbonyl (C=O) groups is 1. The number of ether oxygens (including phenoxy) is 1. The van der Waals surface area contributed by atoms with E-state index in [9.17, 15) is 4.79 Å². The van der Waals surface area contributed by atoms with Gasteiger partial charge in [-0.05, 0) is 36.5 Å². The predicted octanol–water partition coefficient (Wildman–Crippen LogP) is 5.45. The molecule has 0 saturated carbocycles. The van der Waals surface area contributed by atoms with E-state index in [1.54, 1.807) is 11.8 Å². The minimum Gasteiger partial charge on any atom is -0.445 e. The smallest absolute Gasteiger partial charge is 0.410 e. The Kier molecular flexibility index (Phi) is 6.56. The Hall–Kier alpha value is -2.01. The van der Waals surface area contributed by atoms with Crippen molar-refractivity contribution < 1.29 is 9.53 Å². The molecule has 0 aliphatic carbocycles. The van der Waals surface area contributed by atoms with Gasteiger partial charge in [0.25, 0.3) is 0 Å². The van der Waals surface area contributed by atoms with Gasteiger partial charge in [0.1, 0.15) is 6.61 Å². The van der Waals surface area contributed by atoms with Gasteiger partial charge in [-0.2, -0.15) is 0 Å². The van der Waals surface area contributed by atoms with Crippen LogP contribution in [0.4, 0.5) is 4.79 Å². The quantitative estimate of drug-likeness (QED) is 0.657. The number of rotatable bonds is 5. The molecule has 5 heteroatoms. The molecular formula is C21H26N2O2S. The van der Waals surface area contributed by atoms with Gasteiger partial charge in [0, 0.05) is 18.0 Å². The van der Waals surface area contributed by atoms with Crippen molar-refractivity contribution in [3.63, 3.8) is 0 Å². The number of benzene rings is 1. The highest BCUT2D eigenvalue weighted by atomic mass is 32.2. The maximum absolute atomic E-state index is 12.6. The van der Waals surface area contributed by atoms with E-state index in [4.69, 9.17) is 4.74 Å². The van der Waals surface area contributed by atoms with Crippen LogP contribution in [0.5, 0.6) is 0 Å². The monoisotopic (exact) mass is 370 g/mol. The van der Waals surface area contributed by atoms with Crippen LogP contribution in [-0.4, -0.2) is 27.8 Å². The van der Waals surface area contributed by atoms with Gasteiger partial charge in [0.2, 0.25) is 0 Å².